The number of hydrogen-bond donors (Lipinski definition) is 0. The van der Waals surface area contributed by atoms with Crippen molar-refractivity contribution in [3.05, 3.63) is 4.13 Å². The second kappa shape index (κ2) is 3.39. The molecule has 0 aliphatic rings. The van der Waals surface area contributed by atoms with Gasteiger partial charge in [-0.2, -0.15) is 8.42 Å². The van der Waals surface area contributed by atoms with E-state index in [0.717, 1.165) is 0 Å². The van der Waals surface area contributed by atoms with Gasteiger partial charge in [0, 0.05) is 0 Å². The van der Waals surface area contributed by atoms with Gasteiger partial charge in [0.05, 0.1) is 0 Å². The van der Waals surface area contributed by atoms with E-state index in [1.807, 2.05) is 0 Å². The van der Waals surface area contributed by atoms with Crippen LogP contribution in [0.3, 0.4) is 0 Å². The van der Waals surface area contributed by atoms with Crippen LogP contribution in [0.4, 0.5) is 11.7 Å². The number of nitrogens with zero attached hydrogens (tertiary/aromatic N) is 2. The van der Waals surface area contributed by atoms with E-state index in [2.05, 4.69) is 0 Å². The molecule has 1 unspecified atom stereocenters. The Kier molecular flexibility index (Phi) is 3.29. The van der Waals surface area contributed by atoms with Gasteiger partial charge in [0.1, 0.15) is 0 Å². The zero-order chi connectivity index (χ0) is 10.9. The second-order valence-corrected chi connectivity index (χ2v) is 5.11. The van der Waals surface area contributed by atoms with E-state index in [4.69, 9.17) is 0 Å². The zero-order valence-corrected chi connectivity index (χ0v) is 7.74. The zero-order valence-electron chi connectivity index (χ0n) is 5.29. The molecular weight excluding hydrogens is 261 g/mol. The van der Waals surface area contributed by atoms with E-state index in [0.29, 0.717) is 0 Å². The minimum atomic E-state index is -5.90. The molecule has 1 atom stereocenters. The lowest BCUT2D eigenvalue weighted by Gasteiger charge is -2.09. The van der Waals surface area contributed by atoms with Gasteiger partial charge in [-0.25, -0.2) is 12.6 Å². The minimum absolute atomic E-state index is 1.21. The molecule has 0 amide bonds. The third-order valence-electron chi connectivity index (χ3n) is 0.362. The predicted octanol–water partition coefficient (Wildman–Crippen LogP) is 0.0562. The second-order valence-electron chi connectivity index (χ2n) is 1.41. The summed E-state index contributed by atoms with van der Waals surface area (Å²) in [5.74, 6) is 0. The topological polar surface area (TPSA) is 112 Å². The molecule has 0 aromatic carbocycles. The Bertz CT molecular complexity index is 491. The average molecular weight is 261 g/mol. The van der Waals surface area contributed by atoms with Crippen molar-refractivity contribution >= 4 is 31.1 Å². The summed E-state index contributed by atoms with van der Waals surface area (Å²) in [6, 6.07) is 0. The first-order chi connectivity index (χ1) is 5.41. The van der Waals surface area contributed by atoms with Crippen LogP contribution in [0, 0.1) is 0 Å². The van der Waals surface area contributed by atoms with Crippen LogP contribution in [0.1, 0.15) is 0 Å². The highest BCUT2D eigenvalue weighted by atomic mass is 32.3. The van der Waals surface area contributed by atoms with Crippen molar-refractivity contribution in [3.8, 4) is 0 Å². The van der Waals surface area contributed by atoms with E-state index >= 15 is 0 Å². The first-order valence-corrected chi connectivity index (χ1v) is 6.08. The van der Waals surface area contributed by atoms with Crippen molar-refractivity contribution in [2.45, 2.75) is 0 Å². The van der Waals surface area contributed by atoms with E-state index in [1.54, 1.807) is 0 Å². The van der Waals surface area contributed by atoms with E-state index < -0.39 is 31.1 Å². The molecule has 13 heavy (non-hydrogen) atoms. The molecule has 0 aliphatic heterocycles. The molecule has 0 spiro atoms. The molecule has 0 saturated carbocycles. The lowest BCUT2D eigenvalue weighted by Crippen LogP contribution is -1.98. The normalized spacial score (nSPS) is 17.8. The molecule has 0 bridgehead atoms. The molecule has 0 saturated heterocycles. The Morgan fingerprint density at radius 3 is 1.54 bits per heavy atom. The van der Waals surface area contributed by atoms with Crippen LogP contribution in [0.25, 0.3) is 4.13 Å². The minimum Gasteiger partial charge on any atom is -0.397 e. The summed E-state index contributed by atoms with van der Waals surface area (Å²) in [5, 5.41) is 0. The Labute approximate surface area is 72.2 Å². The molecular formula is F3N2O5S3-. The Morgan fingerprint density at radius 2 is 1.31 bits per heavy atom. The maximum atomic E-state index is 12.0. The standard InChI is InChI=1S/F3N2O5S3/c1-11(6,4-12(2,7)8)5-13(3,9)10/q-1. The predicted molar refractivity (Wildman–Crippen MR) is 35.1 cm³/mol. The van der Waals surface area contributed by atoms with Gasteiger partial charge < -0.3 is 4.13 Å². The fourth-order valence-corrected chi connectivity index (χ4v) is 2.34. The highest BCUT2D eigenvalue weighted by molar-refractivity contribution is 8.11. The number of hydrogen-bond acceptors (Lipinski definition) is 5. The fourth-order valence-electron chi connectivity index (χ4n) is 0.233. The summed E-state index contributed by atoms with van der Waals surface area (Å²) in [7, 11) is -17.6. The first-order valence-electron chi connectivity index (χ1n) is 2.03. The monoisotopic (exact) mass is 261 g/mol. The highest BCUT2D eigenvalue weighted by Gasteiger charge is 2.10. The third-order valence-corrected chi connectivity index (χ3v) is 3.26. The van der Waals surface area contributed by atoms with Crippen LogP contribution in [0.15, 0.2) is 3.77 Å². The molecule has 0 radical (unpaired) electrons. The van der Waals surface area contributed by atoms with Crippen LogP contribution in [-0.2, 0) is 31.1 Å². The van der Waals surface area contributed by atoms with E-state index in [-0.39, 0.29) is 0 Å². The summed E-state index contributed by atoms with van der Waals surface area (Å²) < 4.78 is 85.4. The van der Waals surface area contributed by atoms with Crippen LogP contribution in [-0.4, -0.2) is 21.0 Å². The molecule has 0 aromatic heterocycles. The molecule has 0 fully saturated rings. The summed E-state index contributed by atoms with van der Waals surface area (Å²) >= 11 is 0. The number of halogens is 3. The van der Waals surface area contributed by atoms with Crippen LogP contribution in [0.5, 0.6) is 0 Å². The van der Waals surface area contributed by atoms with Crippen LogP contribution >= 0.6 is 0 Å². The van der Waals surface area contributed by atoms with Gasteiger partial charge >= 0.3 is 10.4 Å². The fraction of sp³-hybridized carbons (Fsp3) is 0. The van der Waals surface area contributed by atoms with E-state index in [1.165, 1.54) is 7.90 Å². The molecule has 0 N–H and O–H groups in total. The third kappa shape index (κ3) is 7.94. The summed E-state index contributed by atoms with van der Waals surface area (Å²) in [4.78, 5) is 0. The van der Waals surface area contributed by atoms with Crippen molar-refractivity contribution < 1.29 is 32.7 Å². The summed E-state index contributed by atoms with van der Waals surface area (Å²) in [6.45, 7) is 0. The maximum Gasteiger partial charge on any atom is 0.426 e. The molecule has 7 nitrogen and oxygen atoms in total. The maximum absolute atomic E-state index is 12.0. The lowest BCUT2D eigenvalue weighted by molar-refractivity contribution is 0.554. The van der Waals surface area contributed by atoms with Gasteiger partial charge in [-0.15, -0.1) is 7.77 Å². The molecule has 0 heterocycles. The van der Waals surface area contributed by atoms with Gasteiger partial charge in [0.2, 0.25) is 10.4 Å². The average Bonchev–Trinajstić information content (AvgIpc) is 1.43. The van der Waals surface area contributed by atoms with Gasteiger partial charge in [0.15, 0.2) is 10.3 Å². The van der Waals surface area contributed by atoms with Gasteiger partial charge in [-0.3, -0.25) is 0 Å². The van der Waals surface area contributed by atoms with Crippen molar-refractivity contribution in [1.29, 1.82) is 0 Å². The number of rotatable bonds is 3. The molecule has 80 valence electrons. The molecule has 0 aliphatic carbocycles. The Balaban J connectivity index is 5.27. The first kappa shape index (κ1) is 12.6. The Morgan fingerprint density at radius 1 is 0.923 bits per heavy atom. The van der Waals surface area contributed by atoms with Crippen molar-refractivity contribution in [2.24, 2.45) is 3.77 Å². The van der Waals surface area contributed by atoms with Crippen molar-refractivity contribution in [2.75, 3.05) is 0 Å². The molecule has 0 aromatic rings. The highest BCUT2D eigenvalue weighted by Crippen LogP contribution is 2.17. The van der Waals surface area contributed by atoms with Gasteiger partial charge in [-0.1, -0.05) is 7.65 Å². The van der Waals surface area contributed by atoms with Gasteiger partial charge in [-0.05, 0) is 0 Å². The quantitative estimate of drug-likeness (QED) is 0.666. The lowest BCUT2D eigenvalue weighted by atomic mass is 13.9. The van der Waals surface area contributed by atoms with E-state index in [9.17, 15) is 32.7 Å². The SMILES string of the molecule is O=S(=O)(F)N=S(=O)(F)[N-]S(=O)(=O)F. The molecule has 0 rings (SSSR count). The van der Waals surface area contributed by atoms with Crippen LogP contribution < -0.4 is 0 Å². The smallest absolute Gasteiger partial charge is 0.397 e. The Hall–Kier alpha value is -0.400. The molecule has 13 heteroatoms. The van der Waals surface area contributed by atoms with Crippen molar-refractivity contribution in [1.82, 2.24) is 0 Å². The largest absolute Gasteiger partial charge is 0.426 e. The summed E-state index contributed by atoms with van der Waals surface area (Å²) in [5.41, 5.74) is 0. The summed E-state index contributed by atoms with van der Waals surface area (Å²) in [6.07, 6.45) is 0. The van der Waals surface area contributed by atoms with Crippen LogP contribution in [0.2, 0.25) is 0 Å². The van der Waals surface area contributed by atoms with Crippen molar-refractivity contribution in [3.63, 3.8) is 0 Å². The van der Waals surface area contributed by atoms with Gasteiger partial charge in [0.25, 0.3) is 0 Å².